The molecule has 4 aromatic rings. The minimum absolute atomic E-state index is 0.159. The zero-order chi connectivity index (χ0) is 19.7. The third-order valence-corrected chi connectivity index (χ3v) is 4.67. The van der Waals surface area contributed by atoms with Gasteiger partial charge in [0.2, 0.25) is 5.89 Å². The van der Waals surface area contributed by atoms with Gasteiger partial charge in [0.05, 0.1) is 10.5 Å². The van der Waals surface area contributed by atoms with Gasteiger partial charge in [-0.05, 0) is 52.3 Å². The second kappa shape index (κ2) is 7.20. The lowest BCUT2D eigenvalue weighted by Crippen LogP contribution is -2.12. The fraction of sp³-hybridized carbons (Fsp3) is 0. The number of halogens is 1. The summed E-state index contributed by atoms with van der Waals surface area (Å²) in [6.07, 6.45) is 3.29. The molecule has 2 aromatic carbocycles. The normalized spacial score (nSPS) is 10.8. The number of pyridine rings is 1. The number of fused-ring (bicyclic) bond motifs is 1. The van der Waals surface area contributed by atoms with E-state index >= 15 is 0 Å². The van der Waals surface area contributed by atoms with Gasteiger partial charge in [0.1, 0.15) is 5.52 Å². The van der Waals surface area contributed by atoms with Gasteiger partial charge in [0.25, 0.3) is 11.6 Å². The fourth-order valence-electron chi connectivity index (χ4n) is 2.62. The number of carbonyl (C=O) groups is 1. The first-order chi connectivity index (χ1) is 13.5. The minimum Gasteiger partial charge on any atom is -0.436 e. The predicted octanol–water partition coefficient (Wildman–Crippen LogP) is 4.81. The third-order valence-electron chi connectivity index (χ3n) is 3.98. The SMILES string of the molecule is O=C(Nc1ccc2oc(-c3ccncc3)nc2c1)c1cc([N+](=O)[O-])ccc1Br. The van der Waals surface area contributed by atoms with E-state index in [0.29, 0.717) is 27.2 Å². The van der Waals surface area contributed by atoms with Crippen LogP contribution in [0.1, 0.15) is 10.4 Å². The van der Waals surface area contributed by atoms with Crippen LogP contribution in [0.3, 0.4) is 0 Å². The van der Waals surface area contributed by atoms with Crippen LogP contribution in [0.5, 0.6) is 0 Å². The average Bonchev–Trinajstić information content (AvgIpc) is 3.12. The molecule has 0 unspecified atom stereocenters. The Morgan fingerprint density at radius 2 is 1.89 bits per heavy atom. The summed E-state index contributed by atoms with van der Waals surface area (Å²) in [6, 6.07) is 12.6. The third kappa shape index (κ3) is 3.47. The molecule has 2 heterocycles. The Morgan fingerprint density at radius 3 is 2.64 bits per heavy atom. The molecule has 0 aliphatic heterocycles. The highest BCUT2D eigenvalue weighted by molar-refractivity contribution is 9.10. The highest BCUT2D eigenvalue weighted by Crippen LogP contribution is 2.27. The van der Waals surface area contributed by atoms with Crippen molar-refractivity contribution in [2.75, 3.05) is 5.32 Å². The number of anilines is 1. The van der Waals surface area contributed by atoms with Crippen LogP contribution < -0.4 is 5.32 Å². The van der Waals surface area contributed by atoms with Gasteiger partial charge in [-0.15, -0.1) is 0 Å². The van der Waals surface area contributed by atoms with Crippen molar-refractivity contribution in [3.05, 3.63) is 81.1 Å². The maximum absolute atomic E-state index is 12.6. The molecular weight excluding hydrogens is 428 g/mol. The van der Waals surface area contributed by atoms with Crippen LogP contribution in [-0.2, 0) is 0 Å². The summed E-state index contributed by atoms with van der Waals surface area (Å²) in [5, 5.41) is 13.7. The van der Waals surface area contributed by atoms with Gasteiger partial charge in [0.15, 0.2) is 5.58 Å². The van der Waals surface area contributed by atoms with E-state index in [0.717, 1.165) is 5.56 Å². The molecule has 0 atom stereocenters. The molecule has 28 heavy (non-hydrogen) atoms. The van der Waals surface area contributed by atoms with E-state index in [4.69, 9.17) is 4.42 Å². The minimum atomic E-state index is -0.550. The Kier molecular flexibility index (Phi) is 4.58. The summed E-state index contributed by atoms with van der Waals surface area (Å²) >= 11 is 3.25. The van der Waals surface area contributed by atoms with E-state index in [9.17, 15) is 14.9 Å². The number of nitro groups is 1. The van der Waals surface area contributed by atoms with Crippen LogP contribution in [0.25, 0.3) is 22.6 Å². The van der Waals surface area contributed by atoms with E-state index in [-0.39, 0.29) is 11.3 Å². The highest BCUT2D eigenvalue weighted by Gasteiger charge is 2.16. The van der Waals surface area contributed by atoms with Crippen molar-refractivity contribution in [2.45, 2.75) is 0 Å². The number of aromatic nitrogens is 2. The molecule has 0 saturated heterocycles. The number of amides is 1. The molecule has 1 N–H and O–H groups in total. The molecule has 0 radical (unpaired) electrons. The summed E-state index contributed by atoms with van der Waals surface area (Å²) in [5.41, 5.74) is 2.42. The van der Waals surface area contributed by atoms with Crippen molar-refractivity contribution in [1.82, 2.24) is 9.97 Å². The molecule has 0 spiro atoms. The molecule has 0 saturated carbocycles. The lowest BCUT2D eigenvalue weighted by atomic mass is 10.2. The topological polar surface area (TPSA) is 111 Å². The number of non-ortho nitro benzene ring substituents is 1. The summed E-state index contributed by atoms with van der Waals surface area (Å²) < 4.78 is 6.18. The van der Waals surface area contributed by atoms with Gasteiger partial charge in [-0.3, -0.25) is 19.9 Å². The first kappa shape index (κ1) is 17.8. The van der Waals surface area contributed by atoms with Gasteiger partial charge in [-0.2, -0.15) is 0 Å². The molecular formula is C19H11BrN4O4. The smallest absolute Gasteiger partial charge is 0.270 e. The maximum Gasteiger partial charge on any atom is 0.270 e. The summed E-state index contributed by atoms with van der Waals surface area (Å²) in [7, 11) is 0. The lowest BCUT2D eigenvalue weighted by Gasteiger charge is -2.06. The van der Waals surface area contributed by atoms with Crippen molar-refractivity contribution < 1.29 is 14.1 Å². The number of benzene rings is 2. The molecule has 4 rings (SSSR count). The Bertz CT molecular complexity index is 1210. The summed E-state index contributed by atoms with van der Waals surface area (Å²) in [4.78, 5) is 31.4. The first-order valence-electron chi connectivity index (χ1n) is 8.07. The number of hydrogen-bond donors (Lipinski definition) is 1. The largest absolute Gasteiger partial charge is 0.436 e. The summed E-state index contributed by atoms with van der Waals surface area (Å²) in [6.45, 7) is 0. The number of nitro benzene ring substituents is 1. The standard InChI is InChI=1S/C19H11BrN4O4/c20-15-3-2-13(24(26)27)10-14(15)18(25)22-12-1-4-17-16(9-12)23-19(28-17)11-5-7-21-8-6-11/h1-10H,(H,22,25). The highest BCUT2D eigenvalue weighted by atomic mass is 79.9. The van der Waals surface area contributed by atoms with Gasteiger partial charge in [-0.1, -0.05) is 0 Å². The number of hydrogen-bond acceptors (Lipinski definition) is 6. The Labute approximate surface area is 166 Å². The van der Waals surface area contributed by atoms with Crippen molar-refractivity contribution in [1.29, 1.82) is 0 Å². The fourth-order valence-corrected chi connectivity index (χ4v) is 3.05. The van der Waals surface area contributed by atoms with E-state index < -0.39 is 10.8 Å². The van der Waals surface area contributed by atoms with Crippen molar-refractivity contribution in [3.63, 3.8) is 0 Å². The number of carbonyl (C=O) groups excluding carboxylic acids is 1. The number of oxazole rings is 1. The van der Waals surface area contributed by atoms with E-state index in [1.807, 2.05) is 0 Å². The number of nitrogens with zero attached hydrogens (tertiary/aromatic N) is 3. The Balaban J connectivity index is 1.62. The zero-order valence-corrected chi connectivity index (χ0v) is 15.7. The molecule has 9 heteroatoms. The second-order valence-electron chi connectivity index (χ2n) is 5.81. The lowest BCUT2D eigenvalue weighted by molar-refractivity contribution is -0.384. The van der Waals surface area contributed by atoms with Crippen LogP contribution in [0.15, 0.2) is 69.8 Å². The van der Waals surface area contributed by atoms with Crippen molar-refractivity contribution in [3.8, 4) is 11.5 Å². The maximum atomic E-state index is 12.6. The van der Waals surface area contributed by atoms with Gasteiger partial charge >= 0.3 is 0 Å². The number of rotatable bonds is 4. The zero-order valence-electron chi connectivity index (χ0n) is 14.1. The van der Waals surface area contributed by atoms with Crippen molar-refractivity contribution in [2.24, 2.45) is 0 Å². The molecule has 0 aliphatic rings. The molecule has 1 amide bonds. The van der Waals surface area contributed by atoms with Crippen LogP contribution in [0.4, 0.5) is 11.4 Å². The quantitative estimate of drug-likeness (QED) is 0.361. The molecule has 0 fully saturated rings. The van der Waals surface area contributed by atoms with E-state index in [2.05, 4.69) is 31.2 Å². The van der Waals surface area contributed by atoms with E-state index in [1.54, 1.807) is 42.7 Å². The summed E-state index contributed by atoms with van der Waals surface area (Å²) in [5.74, 6) is -0.0323. The molecule has 0 bridgehead atoms. The van der Waals surface area contributed by atoms with E-state index in [1.165, 1.54) is 18.2 Å². The molecule has 8 nitrogen and oxygen atoms in total. The molecule has 138 valence electrons. The van der Waals surface area contributed by atoms with Crippen LogP contribution >= 0.6 is 15.9 Å². The van der Waals surface area contributed by atoms with Gasteiger partial charge in [0, 0.05) is 40.2 Å². The predicted molar refractivity (Wildman–Crippen MR) is 106 cm³/mol. The Hall–Kier alpha value is -3.59. The monoisotopic (exact) mass is 438 g/mol. The van der Waals surface area contributed by atoms with Crippen LogP contribution in [0, 0.1) is 10.1 Å². The second-order valence-corrected chi connectivity index (χ2v) is 6.67. The van der Waals surface area contributed by atoms with Crippen LogP contribution in [-0.4, -0.2) is 20.8 Å². The average molecular weight is 439 g/mol. The Morgan fingerprint density at radius 1 is 1.11 bits per heavy atom. The molecule has 0 aliphatic carbocycles. The van der Waals surface area contributed by atoms with Gasteiger partial charge < -0.3 is 9.73 Å². The first-order valence-corrected chi connectivity index (χ1v) is 8.87. The van der Waals surface area contributed by atoms with Crippen molar-refractivity contribution >= 4 is 44.3 Å². The molecule has 2 aromatic heterocycles. The number of nitrogens with one attached hydrogen (secondary N) is 1. The van der Waals surface area contributed by atoms with Gasteiger partial charge in [-0.25, -0.2) is 4.98 Å². The van der Waals surface area contributed by atoms with Crippen LogP contribution in [0.2, 0.25) is 0 Å².